The molecule has 4 aromatic rings. The lowest BCUT2D eigenvalue weighted by Crippen LogP contribution is -2.13. The Hall–Kier alpha value is -3.06. The van der Waals surface area contributed by atoms with Crippen molar-refractivity contribution in [3.8, 4) is 0 Å². The van der Waals surface area contributed by atoms with Crippen LogP contribution in [-0.2, 0) is 12.8 Å². The Kier molecular flexibility index (Phi) is 3.98. The largest absolute Gasteiger partial charge is 0.344 e. The van der Waals surface area contributed by atoms with Gasteiger partial charge >= 0.3 is 0 Å². The molecule has 1 nitrogen and oxygen atoms in total. The van der Waals surface area contributed by atoms with E-state index in [0.717, 1.165) is 12.8 Å². The number of anilines is 2. The van der Waals surface area contributed by atoms with Crippen LogP contribution in [0.2, 0.25) is 0 Å². The van der Waals surface area contributed by atoms with E-state index in [1.807, 2.05) is 0 Å². The lowest BCUT2D eigenvalue weighted by Gasteiger charge is -2.25. The molecule has 1 heteroatoms. The fraction of sp³-hybridized carbons (Fsp3) is 0.185. The van der Waals surface area contributed by atoms with Gasteiger partial charge < -0.3 is 4.90 Å². The second kappa shape index (κ2) is 6.53. The van der Waals surface area contributed by atoms with Gasteiger partial charge in [0.05, 0.1) is 0 Å². The third-order valence-electron chi connectivity index (χ3n) is 6.20. The molecule has 0 fully saturated rings. The standard InChI is InChI=1S/C27H25N/c1-4-18-16-26-24(22-12-8-6-10-20(18)22)14-15-25-23-13-9-7-11-21(23)19(5-2)17-27(25)28(26)3/h6-17H,4-5H2,1-3H3. The van der Waals surface area contributed by atoms with E-state index in [4.69, 9.17) is 0 Å². The summed E-state index contributed by atoms with van der Waals surface area (Å²) in [6.07, 6.45) is 6.71. The van der Waals surface area contributed by atoms with Crippen LogP contribution in [0.3, 0.4) is 0 Å². The van der Waals surface area contributed by atoms with Gasteiger partial charge in [0.1, 0.15) is 0 Å². The van der Waals surface area contributed by atoms with Crippen LogP contribution in [0.15, 0.2) is 60.7 Å². The van der Waals surface area contributed by atoms with Crippen molar-refractivity contribution in [2.24, 2.45) is 0 Å². The van der Waals surface area contributed by atoms with Crippen LogP contribution in [0.1, 0.15) is 36.1 Å². The van der Waals surface area contributed by atoms with Gasteiger partial charge in [-0.05, 0) is 57.6 Å². The molecule has 0 spiro atoms. The zero-order chi connectivity index (χ0) is 19.3. The quantitative estimate of drug-likeness (QED) is 0.359. The molecule has 0 saturated carbocycles. The molecule has 0 unspecified atom stereocenters. The summed E-state index contributed by atoms with van der Waals surface area (Å²) in [5.74, 6) is 0. The Labute approximate surface area is 166 Å². The molecule has 0 saturated heterocycles. The zero-order valence-corrected chi connectivity index (χ0v) is 16.8. The average molecular weight is 364 g/mol. The monoisotopic (exact) mass is 363 g/mol. The number of aryl methyl sites for hydroxylation is 2. The summed E-state index contributed by atoms with van der Waals surface area (Å²) in [6, 6.07) is 22.4. The number of rotatable bonds is 2. The van der Waals surface area contributed by atoms with Crippen LogP contribution in [0.5, 0.6) is 0 Å². The predicted octanol–water partition coefficient (Wildman–Crippen LogP) is 7.37. The van der Waals surface area contributed by atoms with Gasteiger partial charge in [-0.1, -0.05) is 74.5 Å². The summed E-state index contributed by atoms with van der Waals surface area (Å²) < 4.78 is 0. The summed E-state index contributed by atoms with van der Waals surface area (Å²) >= 11 is 0. The maximum Gasteiger partial charge on any atom is 0.0491 e. The molecule has 1 aliphatic heterocycles. The molecule has 1 heterocycles. The first-order valence-electron chi connectivity index (χ1n) is 10.2. The Balaban J connectivity index is 1.87. The summed E-state index contributed by atoms with van der Waals surface area (Å²) in [4.78, 5) is 2.39. The van der Waals surface area contributed by atoms with Crippen molar-refractivity contribution in [2.75, 3.05) is 11.9 Å². The normalized spacial score (nSPS) is 12.9. The Morgan fingerprint density at radius 3 is 1.39 bits per heavy atom. The van der Waals surface area contributed by atoms with Crippen LogP contribution in [0.4, 0.5) is 11.4 Å². The fourth-order valence-electron chi connectivity index (χ4n) is 4.70. The number of benzene rings is 4. The molecule has 4 aromatic carbocycles. The molecule has 0 bridgehead atoms. The molecule has 1 aliphatic rings. The second-order valence-electron chi connectivity index (χ2n) is 7.63. The Morgan fingerprint density at radius 1 is 0.607 bits per heavy atom. The molecule has 0 radical (unpaired) electrons. The Bertz CT molecular complexity index is 1150. The summed E-state index contributed by atoms with van der Waals surface area (Å²) in [5.41, 5.74) is 8.04. The van der Waals surface area contributed by atoms with Gasteiger partial charge in [-0.3, -0.25) is 0 Å². The van der Waals surface area contributed by atoms with E-state index in [2.05, 4.69) is 98.6 Å². The maximum absolute atomic E-state index is 2.39. The average Bonchev–Trinajstić information content (AvgIpc) is 2.89. The molecule has 0 amide bonds. The minimum absolute atomic E-state index is 1.04. The predicted molar refractivity (Wildman–Crippen MR) is 124 cm³/mol. The summed E-state index contributed by atoms with van der Waals surface area (Å²) in [6.45, 7) is 4.49. The van der Waals surface area contributed by atoms with Crippen molar-refractivity contribution >= 4 is 45.1 Å². The van der Waals surface area contributed by atoms with E-state index in [0.29, 0.717) is 0 Å². The van der Waals surface area contributed by atoms with Gasteiger partial charge in [0.25, 0.3) is 0 Å². The molecule has 138 valence electrons. The number of hydrogen-bond donors (Lipinski definition) is 0. The van der Waals surface area contributed by atoms with Gasteiger partial charge in [-0.25, -0.2) is 0 Å². The highest BCUT2D eigenvalue weighted by atomic mass is 15.1. The first-order valence-corrected chi connectivity index (χ1v) is 10.2. The summed E-state index contributed by atoms with van der Waals surface area (Å²) in [7, 11) is 2.22. The first kappa shape index (κ1) is 17.1. The van der Waals surface area contributed by atoms with E-state index >= 15 is 0 Å². The van der Waals surface area contributed by atoms with Crippen molar-refractivity contribution in [3.05, 3.63) is 82.9 Å². The molecule has 0 atom stereocenters. The maximum atomic E-state index is 2.39. The molecule has 0 aromatic heterocycles. The number of fused-ring (bicyclic) bond motifs is 6. The van der Waals surface area contributed by atoms with Crippen LogP contribution >= 0.6 is 0 Å². The molecule has 28 heavy (non-hydrogen) atoms. The highest BCUT2D eigenvalue weighted by Gasteiger charge is 2.20. The van der Waals surface area contributed by atoms with E-state index < -0.39 is 0 Å². The van der Waals surface area contributed by atoms with Crippen molar-refractivity contribution in [1.29, 1.82) is 0 Å². The van der Waals surface area contributed by atoms with Gasteiger partial charge in [0, 0.05) is 29.5 Å². The third kappa shape index (κ3) is 2.39. The molecular formula is C27H25N. The van der Waals surface area contributed by atoms with Gasteiger partial charge in [-0.2, -0.15) is 0 Å². The highest BCUT2D eigenvalue weighted by Crippen LogP contribution is 2.43. The summed E-state index contributed by atoms with van der Waals surface area (Å²) in [5, 5.41) is 5.42. The van der Waals surface area contributed by atoms with E-state index in [1.165, 1.54) is 55.2 Å². The van der Waals surface area contributed by atoms with Gasteiger partial charge in [-0.15, -0.1) is 0 Å². The lowest BCUT2D eigenvalue weighted by atomic mass is 9.95. The van der Waals surface area contributed by atoms with Crippen molar-refractivity contribution in [3.63, 3.8) is 0 Å². The highest BCUT2D eigenvalue weighted by molar-refractivity contribution is 6.07. The van der Waals surface area contributed by atoms with E-state index in [-0.39, 0.29) is 0 Å². The Morgan fingerprint density at radius 2 is 1.00 bits per heavy atom. The zero-order valence-electron chi connectivity index (χ0n) is 16.8. The third-order valence-corrected chi connectivity index (χ3v) is 6.20. The van der Waals surface area contributed by atoms with Gasteiger partial charge in [0.2, 0.25) is 0 Å². The van der Waals surface area contributed by atoms with Crippen LogP contribution < -0.4 is 4.90 Å². The van der Waals surface area contributed by atoms with E-state index in [1.54, 1.807) is 0 Å². The van der Waals surface area contributed by atoms with Gasteiger partial charge in [0.15, 0.2) is 0 Å². The van der Waals surface area contributed by atoms with Crippen molar-refractivity contribution < 1.29 is 0 Å². The fourth-order valence-corrected chi connectivity index (χ4v) is 4.70. The minimum Gasteiger partial charge on any atom is -0.344 e. The minimum atomic E-state index is 1.04. The van der Waals surface area contributed by atoms with E-state index in [9.17, 15) is 0 Å². The van der Waals surface area contributed by atoms with Crippen molar-refractivity contribution in [2.45, 2.75) is 26.7 Å². The van der Waals surface area contributed by atoms with Crippen LogP contribution in [0, 0.1) is 0 Å². The molecule has 5 rings (SSSR count). The molecule has 0 aliphatic carbocycles. The van der Waals surface area contributed by atoms with Crippen LogP contribution in [-0.4, -0.2) is 7.05 Å². The smallest absolute Gasteiger partial charge is 0.0491 e. The lowest BCUT2D eigenvalue weighted by molar-refractivity contribution is 1.13. The topological polar surface area (TPSA) is 3.24 Å². The number of hydrogen-bond acceptors (Lipinski definition) is 1. The SMILES string of the molecule is CCc1cc2c(c3ccccc13)C=Cc1c(cc(CC)c3ccccc13)N2C. The first-order chi connectivity index (χ1) is 13.7. The second-order valence-corrected chi connectivity index (χ2v) is 7.63. The van der Waals surface area contributed by atoms with Crippen molar-refractivity contribution in [1.82, 2.24) is 0 Å². The molecule has 0 N–H and O–H groups in total. The van der Waals surface area contributed by atoms with Crippen LogP contribution in [0.25, 0.3) is 33.7 Å². The number of nitrogens with zero attached hydrogens (tertiary/aromatic N) is 1. The molecular weight excluding hydrogens is 338 g/mol.